The lowest BCUT2D eigenvalue weighted by molar-refractivity contribution is 0.0499. The molecule has 0 aliphatic carbocycles. The van der Waals surface area contributed by atoms with Gasteiger partial charge in [0, 0.05) is 48.3 Å². The largest absolute Gasteiger partial charge is 0.317 e. The van der Waals surface area contributed by atoms with E-state index in [1.807, 2.05) is 35.4 Å². The van der Waals surface area contributed by atoms with Crippen molar-refractivity contribution in [2.24, 2.45) is 0 Å². The molecule has 10 heteroatoms. The standard InChI is InChI=1S/C20H23ClN4O4S/c1-13-17-18(14(2)25(13)16-6-4-5-15(21)11-16)20(27)24(19(17)26)12-22-7-9-23(10-8-22)30(3,28)29/h4-6,11H,7-10,12H2,1-3H3. The Bertz CT molecular complexity index is 1110. The molecule has 2 aliphatic rings. The fraction of sp³-hybridized carbons (Fsp3) is 0.400. The quantitative estimate of drug-likeness (QED) is 0.664. The molecule has 1 fully saturated rings. The molecule has 0 atom stereocenters. The lowest BCUT2D eigenvalue weighted by Gasteiger charge is -2.34. The summed E-state index contributed by atoms with van der Waals surface area (Å²) in [5.41, 5.74) is 3.05. The number of nitrogens with zero attached hydrogens (tertiary/aromatic N) is 4. The number of sulfonamides is 1. The number of fused-ring (bicyclic) bond motifs is 1. The highest BCUT2D eigenvalue weighted by Gasteiger charge is 2.42. The van der Waals surface area contributed by atoms with Gasteiger partial charge in [0.2, 0.25) is 10.0 Å². The smallest absolute Gasteiger partial charge is 0.264 e. The van der Waals surface area contributed by atoms with Gasteiger partial charge in [-0.3, -0.25) is 19.4 Å². The number of benzene rings is 1. The number of hydrogen-bond acceptors (Lipinski definition) is 5. The van der Waals surface area contributed by atoms with E-state index in [1.165, 1.54) is 15.5 Å². The fourth-order valence-electron chi connectivity index (χ4n) is 4.26. The van der Waals surface area contributed by atoms with Gasteiger partial charge in [-0.25, -0.2) is 8.42 Å². The summed E-state index contributed by atoms with van der Waals surface area (Å²) in [6, 6.07) is 7.28. The van der Waals surface area contributed by atoms with E-state index >= 15 is 0 Å². The maximum absolute atomic E-state index is 13.1. The second-order valence-corrected chi connectivity index (χ2v) is 10.1. The molecule has 1 aromatic heterocycles. The van der Waals surface area contributed by atoms with Crippen LogP contribution in [0.2, 0.25) is 5.02 Å². The molecule has 0 saturated carbocycles. The van der Waals surface area contributed by atoms with Crippen molar-refractivity contribution in [3.05, 3.63) is 51.8 Å². The van der Waals surface area contributed by atoms with Crippen LogP contribution in [0.25, 0.3) is 5.69 Å². The summed E-state index contributed by atoms with van der Waals surface area (Å²) in [7, 11) is -3.23. The number of piperazine rings is 1. The minimum Gasteiger partial charge on any atom is -0.317 e. The van der Waals surface area contributed by atoms with Gasteiger partial charge in [-0.1, -0.05) is 17.7 Å². The van der Waals surface area contributed by atoms with Gasteiger partial charge in [-0.05, 0) is 32.0 Å². The van der Waals surface area contributed by atoms with Crippen molar-refractivity contribution in [2.45, 2.75) is 13.8 Å². The van der Waals surface area contributed by atoms with Gasteiger partial charge in [-0.2, -0.15) is 4.31 Å². The van der Waals surface area contributed by atoms with Gasteiger partial charge in [-0.15, -0.1) is 0 Å². The zero-order valence-electron chi connectivity index (χ0n) is 17.1. The lowest BCUT2D eigenvalue weighted by atomic mass is 10.1. The molecule has 1 aromatic carbocycles. The maximum atomic E-state index is 13.1. The van der Waals surface area contributed by atoms with Crippen molar-refractivity contribution in [3.63, 3.8) is 0 Å². The van der Waals surface area contributed by atoms with E-state index in [0.717, 1.165) is 5.69 Å². The van der Waals surface area contributed by atoms with Gasteiger partial charge in [0.05, 0.1) is 24.1 Å². The molecule has 160 valence electrons. The summed E-state index contributed by atoms with van der Waals surface area (Å²) in [6.07, 6.45) is 1.19. The monoisotopic (exact) mass is 450 g/mol. The zero-order valence-corrected chi connectivity index (χ0v) is 18.6. The van der Waals surface area contributed by atoms with Crippen LogP contribution < -0.4 is 0 Å². The molecular formula is C20H23ClN4O4S. The van der Waals surface area contributed by atoms with Crippen LogP contribution in [0.3, 0.4) is 0 Å². The van der Waals surface area contributed by atoms with Crippen molar-refractivity contribution in [3.8, 4) is 5.69 Å². The Morgan fingerprint density at radius 1 is 0.967 bits per heavy atom. The normalized spacial score (nSPS) is 18.3. The predicted octanol–water partition coefficient (Wildman–Crippen LogP) is 1.88. The highest BCUT2D eigenvalue weighted by molar-refractivity contribution is 7.88. The average molecular weight is 451 g/mol. The van der Waals surface area contributed by atoms with Gasteiger partial charge in [0.15, 0.2) is 0 Å². The molecule has 30 heavy (non-hydrogen) atoms. The average Bonchev–Trinajstić information content (AvgIpc) is 3.08. The first-order valence-corrected chi connectivity index (χ1v) is 11.8. The van der Waals surface area contributed by atoms with Crippen molar-refractivity contribution < 1.29 is 18.0 Å². The Hall–Kier alpha value is -2.20. The van der Waals surface area contributed by atoms with Crippen LogP contribution in [-0.4, -0.2) is 78.0 Å². The van der Waals surface area contributed by atoms with Gasteiger partial charge >= 0.3 is 0 Å². The van der Waals surface area contributed by atoms with Gasteiger partial charge in [0.1, 0.15) is 0 Å². The SMILES string of the molecule is Cc1c2c(c(C)n1-c1cccc(Cl)c1)C(=O)N(CN1CCN(S(C)(=O)=O)CC1)C2=O. The molecular weight excluding hydrogens is 428 g/mol. The molecule has 3 heterocycles. The number of halogens is 1. The molecule has 2 amide bonds. The first-order valence-electron chi connectivity index (χ1n) is 9.61. The summed E-state index contributed by atoms with van der Waals surface area (Å²) in [5.74, 6) is -0.635. The Kier molecular flexibility index (Phi) is 5.26. The molecule has 1 saturated heterocycles. The van der Waals surface area contributed by atoms with Crippen LogP contribution in [0.15, 0.2) is 24.3 Å². The molecule has 0 bridgehead atoms. The van der Waals surface area contributed by atoms with E-state index in [9.17, 15) is 18.0 Å². The Labute approximate surface area is 180 Å². The van der Waals surface area contributed by atoms with Crippen molar-refractivity contribution in [1.29, 1.82) is 0 Å². The van der Waals surface area contributed by atoms with Crippen LogP contribution in [-0.2, 0) is 10.0 Å². The van der Waals surface area contributed by atoms with E-state index in [2.05, 4.69) is 0 Å². The third-order valence-electron chi connectivity index (χ3n) is 5.77. The fourth-order valence-corrected chi connectivity index (χ4v) is 5.27. The number of rotatable bonds is 4. The minimum atomic E-state index is -3.23. The number of carbonyl (C=O) groups is 2. The van der Waals surface area contributed by atoms with Crippen LogP contribution in [0.5, 0.6) is 0 Å². The van der Waals surface area contributed by atoms with Crippen LogP contribution >= 0.6 is 11.6 Å². The van der Waals surface area contributed by atoms with E-state index in [1.54, 1.807) is 12.1 Å². The third kappa shape index (κ3) is 3.45. The van der Waals surface area contributed by atoms with Crippen LogP contribution in [0.4, 0.5) is 0 Å². The second-order valence-electron chi connectivity index (χ2n) is 7.70. The number of amides is 2. The summed E-state index contributed by atoms with van der Waals surface area (Å²) < 4.78 is 26.7. The van der Waals surface area contributed by atoms with Gasteiger partial charge < -0.3 is 4.57 Å². The molecule has 8 nitrogen and oxygen atoms in total. The zero-order chi connectivity index (χ0) is 21.8. The van der Waals surface area contributed by atoms with E-state index in [-0.39, 0.29) is 18.5 Å². The number of imide groups is 1. The molecule has 0 N–H and O–H groups in total. The van der Waals surface area contributed by atoms with Crippen molar-refractivity contribution >= 4 is 33.4 Å². The summed E-state index contributed by atoms with van der Waals surface area (Å²) >= 11 is 6.12. The number of carbonyl (C=O) groups excluding carboxylic acids is 2. The molecule has 0 spiro atoms. The third-order valence-corrected chi connectivity index (χ3v) is 7.31. The first kappa shape index (κ1) is 21.0. The van der Waals surface area contributed by atoms with Crippen LogP contribution in [0.1, 0.15) is 32.1 Å². The Morgan fingerprint density at radius 3 is 2.03 bits per heavy atom. The van der Waals surface area contributed by atoms with Crippen LogP contribution in [0, 0.1) is 13.8 Å². The first-order chi connectivity index (χ1) is 14.1. The van der Waals surface area contributed by atoms with Crippen molar-refractivity contribution in [2.75, 3.05) is 39.1 Å². The minimum absolute atomic E-state index is 0.153. The molecule has 0 unspecified atom stereocenters. The molecule has 2 aromatic rings. The maximum Gasteiger partial charge on any atom is 0.264 e. The number of aromatic nitrogens is 1. The molecule has 0 radical (unpaired) electrons. The molecule has 4 rings (SSSR count). The highest BCUT2D eigenvalue weighted by Crippen LogP contribution is 2.34. The predicted molar refractivity (Wildman–Crippen MR) is 114 cm³/mol. The Balaban J connectivity index is 1.57. The summed E-state index contributed by atoms with van der Waals surface area (Å²) in [4.78, 5) is 29.4. The van der Waals surface area contributed by atoms with E-state index < -0.39 is 10.0 Å². The topological polar surface area (TPSA) is 82.9 Å². The molecule has 2 aliphatic heterocycles. The Morgan fingerprint density at radius 2 is 1.53 bits per heavy atom. The van der Waals surface area contributed by atoms with Gasteiger partial charge in [0.25, 0.3) is 11.8 Å². The second kappa shape index (κ2) is 7.49. The summed E-state index contributed by atoms with van der Waals surface area (Å²) in [6.45, 7) is 5.43. The summed E-state index contributed by atoms with van der Waals surface area (Å²) in [5, 5.41) is 0.577. The number of hydrogen-bond donors (Lipinski definition) is 0. The van der Waals surface area contributed by atoms with Crippen molar-refractivity contribution in [1.82, 2.24) is 18.7 Å². The van der Waals surface area contributed by atoms with E-state index in [4.69, 9.17) is 11.6 Å². The highest BCUT2D eigenvalue weighted by atomic mass is 35.5. The van der Waals surface area contributed by atoms with E-state index in [0.29, 0.717) is 53.7 Å². The lowest BCUT2D eigenvalue weighted by Crippen LogP contribution is -2.52.